The number of anilines is 1. The van der Waals surface area contributed by atoms with Gasteiger partial charge in [-0.05, 0) is 35.7 Å². The van der Waals surface area contributed by atoms with Crippen molar-refractivity contribution in [2.24, 2.45) is 0 Å². The average Bonchev–Trinajstić information content (AvgIpc) is 2.67. The van der Waals surface area contributed by atoms with E-state index >= 15 is 0 Å². The number of hydrogen-bond acceptors (Lipinski definition) is 3. The van der Waals surface area contributed by atoms with Crippen molar-refractivity contribution < 1.29 is 19.2 Å². The molecule has 27 heavy (non-hydrogen) atoms. The van der Waals surface area contributed by atoms with E-state index in [0.717, 1.165) is 10.6 Å². The second-order valence-corrected chi connectivity index (χ2v) is 6.70. The number of carbonyl (C=O) groups is 2. The summed E-state index contributed by atoms with van der Waals surface area (Å²) in [5.41, 5.74) is 1.90. The highest BCUT2D eigenvalue weighted by Crippen LogP contribution is 2.14. The van der Waals surface area contributed by atoms with Crippen LogP contribution in [0.2, 0.25) is 0 Å². The number of methoxy groups -OCH3 is 1. The molecule has 0 spiro atoms. The molecule has 0 bridgehead atoms. The summed E-state index contributed by atoms with van der Waals surface area (Å²) in [6, 6.07) is 17.2. The van der Waals surface area contributed by atoms with Crippen molar-refractivity contribution >= 4 is 17.5 Å². The van der Waals surface area contributed by atoms with Crippen molar-refractivity contribution in [2.45, 2.75) is 12.8 Å². The Balaban J connectivity index is 1.71. The highest BCUT2D eigenvalue weighted by Gasteiger charge is 2.15. The highest BCUT2D eigenvalue weighted by molar-refractivity contribution is 5.91. The fourth-order valence-electron chi connectivity index (χ4n) is 2.72. The van der Waals surface area contributed by atoms with Crippen LogP contribution in [0.5, 0.6) is 5.75 Å². The minimum absolute atomic E-state index is 0.0625. The van der Waals surface area contributed by atoms with Crippen molar-refractivity contribution in [2.75, 3.05) is 39.1 Å². The van der Waals surface area contributed by atoms with Crippen LogP contribution in [0.15, 0.2) is 54.6 Å². The third-order valence-corrected chi connectivity index (χ3v) is 4.27. The lowest BCUT2D eigenvalue weighted by molar-refractivity contribution is -0.862. The first kappa shape index (κ1) is 20.5. The number of hydrogen-bond donors (Lipinski definition) is 3. The van der Waals surface area contributed by atoms with Crippen molar-refractivity contribution in [3.8, 4) is 5.75 Å². The monoisotopic (exact) mass is 370 g/mol. The summed E-state index contributed by atoms with van der Waals surface area (Å²) >= 11 is 0. The number of quaternary nitrogens is 1. The first-order chi connectivity index (χ1) is 13.0. The van der Waals surface area contributed by atoms with Crippen LogP contribution in [0.3, 0.4) is 0 Å². The maximum absolute atomic E-state index is 12.1. The minimum Gasteiger partial charge on any atom is -0.497 e. The third-order valence-electron chi connectivity index (χ3n) is 4.27. The van der Waals surface area contributed by atoms with Gasteiger partial charge in [0.05, 0.1) is 14.2 Å². The van der Waals surface area contributed by atoms with Crippen LogP contribution in [0, 0.1) is 0 Å². The number of carbonyl (C=O) groups excluding carboxylic acids is 2. The Morgan fingerprint density at radius 3 is 2.26 bits per heavy atom. The van der Waals surface area contributed by atoms with Gasteiger partial charge in [0.15, 0.2) is 13.1 Å². The zero-order valence-electron chi connectivity index (χ0n) is 16.1. The zero-order valence-corrected chi connectivity index (χ0v) is 16.1. The number of nitrogens with one attached hydrogen (secondary N) is 3. The Kier molecular flexibility index (Phi) is 7.82. The van der Waals surface area contributed by atoms with Crippen molar-refractivity contribution in [1.82, 2.24) is 5.32 Å². The largest absolute Gasteiger partial charge is 0.497 e. The Bertz CT molecular complexity index is 732. The van der Waals surface area contributed by atoms with Gasteiger partial charge < -0.3 is 20.3 Å². The molecule has 144 valence electrons. The molecule has 0 aliphatic heterocycles. The van der Waals surface area contributed by atoms with Crippen LogP contribution in [0.1, 0.15) is 18.4 Å². The maximum Gasteiger partial charge on any atom is 0.279 e. The van der Waals surface area contributed by atoms with Crippen LogP contribution >= 0.6 is 0 Å². The molecule has 2 rings (SSSR count). The second kappa shape index (κ2) is 10.3. The summed E-state index contributed by atoms with van der Waals surface area (Å²) < 4.78 is 5.09. The van der Waals surface area contributed by atoms with E-state index in [1.165, 1.54) is 5.56 Å². The molecule has 0 heterocycles. The summed E-state index contributed by atoms with van der Waals surface area (Å²) in [7, 11) is 3.42. The fourth-order valence-corrected chi connectivity index (χ4v) is 2.72. The predicted molar refractivity (Wildman–Crippen MR) is 106 cm³/mol. The molecule has 0 aliphatic carbocycles. The molecule has 3 N–H and O–H groups in total. The van der Waals surface area contributed by atoms with E-state index < -0.39 is 0 Å². The summed E-state index contributed by atoms with van der Waals surface area (Å²) in [4.78, 5) is 25.1. The van der Waals surface area contributed by atoms with Gasteiger partial charge in [-0.25, -0.2) is 0 Å². The standard InChI is InChI=1S/C21H27N3O3/c1-16(17-7-5-4-6-8-17)13-22-20(25)14-24(2)15-21(26)23-18-9-11-19(27-3)12-10-18/h4-12,16H,13-15H2,1-3H3,(H,22,25)(H,23,26)/p+1/t16-/m0/s1. The van der Waals surface area contributed by atoms with Crippen molar-refractivity contribution in [3.05, 3.63) is 60.2 Å². The Labute approximate surface area is 160 Å². The third kappa shape index (κ3) is 7.11. The molecule has 2 atom stereocenters. The van der Waals surface area contributed by atoms with Crippen LogP contribution in [0.25, 0.3) is 0 Å². The molecule has 0 saturated heterocycles. The van der Waals surface area contributed by atoms with Crippen LogP contribution in [0.4, 0.5) is 5.69 Å². The molecule has 0 radical (unpaired) electrons. The average molecular weight is 370 g/mol. The molecule has 2 amide bonds. The first-order valence-corrected chi connectivity index (χ1v) is 9.04. The number of benzene rings is 2. The maximum atomic E-state index is 12.1. The number of likely N-dealkylation sites (N-methyl/N-ethyl adjacent to an activating group) is 1. The normalized spacial score (nSPS) is 12.7. The lowest BCUT2D eigenvalue weighted by atomic mass is 10.0. The van der Waals surface area contributed by atoms with E-state index in [1.807, 2.05) is 25.2 Å². The van der Waals surface area contributed by atoms with Gasteiger partial charge in [0.1, 0.15) is 5.75 Å². The van der Waals surface area contributed by atoms with Gasteiger partial charge in [0, 0.05) is 12.2 Å². The van der Waals surface area contributed by atoms with E-state index in [9.17, 15) is 9.59 Å². The van der Waals surface area contributed by atoms with Gasteiger partial charge in [-0.3, -0.25) is 9.59 Å². The molecular formula is C21H28N3O3+. The van der Waals surface area contributed by atoms with Gasteiger partial charge in [-0.15, -0.1) is 0 Å². The topological polar surface area (TPSA) is 71.9 Å². The van der Waals surface area contributed by atoms with E-state index in [1.54, 1.807) is 31.4 Å². The molecule has 6 heteroatoms. The molecular weight excluding hydrogens is 342 g/mol. The molecule has 0 fully saturated rings. The van der Waals surface area contributed by atoms with E-state index in [0.29, 0.717) is 12.2 Å². The highest BCUT2D eigenvalue weighted by atomic mass is 16.5. The lowest BCUT2D eigenvalue weighted by Crippen LogP contribution is -3.11. The number of ether oxygens (including phenoxy) is 1. The Hall–Kier alpha value is -2.86. The summed E-state index contributed by atoms with van der Waals surface area (Å²) in [6.07, 6.45) is 0. The first-order valence-electron chi connectivity index (χ1n) is 9.04. The number of rotatable bonds is 9. The molecule has 2 aromatic carbocycles. The van der Waals surface area contributed by atoms with Crippen LogP contribution in [-0.2, 0) is 9.59 Å². The van der Waals surface area contributed by atoms with Gasteiger partial charge in [0.2, 0.25) is 0 Å². The van der Waals surface area contributed by atoms with Crippen LogP contribution < -0.4 is 20.3 Å². The fraction of sp³-hybridized carbons (Fsp3) is 0.333. The van der Waals surface area contributed by atoms with Crippen LogP contribution in [-0.4, -0.2) is 45.6 Å². The van der Waals surface area contributed by atoms with Gasteiger partial charge in [0.25, 0.3) is 11.8 Å². The van der Waals surface area contributed by atoms with Gasteiger partial charge in [-0.1, -0.05) is 37.3 Å². The number of amides is 2. The molecule has 0 aromatic heterocycles. The lowest BCUT2D eigenvalue weighted by Gasteiger charge is -2.16. The van der Waals surface area contributed by atoms with Gasteiger partial charge in [-0.2, -0.15) is 0 Å². The molecule has 2 aromatic rings. The quantitative estimate of drug-likeness (QED) is 0.618. The van der Waals surface area contributed by atoms with E-state index in [-0.39, 0.29) is 30.8 Å². The minimum atomic E-state index is -0.136. The molecule has 1 unspecified atom stereocenters. The van der Waals surface area contributed by atoms with Crippen molar-refractivity contribution in [3.63, 3.8) is 0 Å². The smallest absolute Gasteiger partial charge is 0.279 e. The second-order valence-electron chi connectivity index (χ2n) is 6.70. The SMILES string of the molecule is COc1ccc(NC(=O)C[NH+](C)CC(=O)NC[C@H](C)c2ccccc2)cc1. The predicted octanol–water partition coefficient (Wildman–Crippen LogP) is 1.07. The Morgan fingerprint density at radius 2 is 1.63 bits per heavy atom. The molecule has 0 aliphatic rings. The van der Waals surface area contributed by atoms with E-state index in [4.69, 9.17) is 4.74 Å². The van der Waals surface area contributed by atoms with Crippen molar-refractivity contribution in [1.29, 1.82) is 0 Å². The summed E-state index contributed by atoms with van der Waals surface area (Å²) in [6.45, 7) is 3.12. The Morgan fingerprint density at radius 1 is 1.00 bits per heavy atom. The summed E-state index contributed by atoms with van der Waals surface area (Å²) in [5, 5.41) is 5.76. The van der Waals surface area contributed by atoms with E-state index in [2.05, 4.69) is 29.7 Å². The molecule has 0 saturated carbocycles. The zero-order chi connectivity index (χ0) is 19.6. The molecule has 6 nitrogen and oxygen atoms in total. The van der Waals surface area contributed by atoms with Gasteiger partial charge >= 0.3 is 0 Å². The summed E-state index contributed by atoms with van der Waals surface area (Å²) in [5.74, 6) is 0.779.